The third-order valence-corrected chi connectivity index (χ3v) is 3.12. The molecule has 1 aromatic carbocycles. The molecule has 0 saturated carbocycles. The van der Waals surface area contributed by atoms with Gasteiger partial charge < -0.3 is 14.8 Å². The highest BCUT2D eigenvalue weighted by molar-refractivity contribution is 5.73. The number of benzene rings is 1. The van der Waals surface area contributed by atoms with Crippen molar-refractivity contribution in [1.82, 2.24) is 5.32 Å². The van der Waals surface area contributed by atoms with Crippen LogP contribution in [0.5, 0.6) is 11.5 Å². The first-order chi connectivity index (χ1) is 9.19. The maximum Gasteiger partial charge on any atom is 0.161 e. The number of nitriles is 1. The minimum absolute atomic E-state index is 0.301. The molecule has 1 heterocycles. The number of methoxy groups -OCH3 is 1. The van der Waals surface area contributed by atoms with Gasteiger partial charge in [0.25, 0.3) is 0 Å². The van der Waals surface area contributed by atoms with Crippen LogP contribution in [0.2, 0.25) is 0 Å². The van der Waals surface area contributed by atoms with Crippen LogP contribution < -0.4 is 14.8 Å². The van der Waals surface area contributed by atoms with Crippen LogP contribution in [0.1, 0.15) is 25.0 Å². The van der Waals surface area contributed by atoms with E-state index >= 15 is 0 Å². The van der Waals surface area contributed by atoms with Gasteiger partial charge in [-0.2, -0.15) is 5.26 Å². The van der Waals surface area contributed by atoms with Crippen molar-refractivity contribution in [2.45, 2.75) is 26.3 Å². The van der Waals surface area contributed by atoms with E-state index in [4.69, 9.17) is 14.7 Å². The van der Waals surface area contributed by atoms with Crippen molar-refractivity contribution >= 4 is 5.70 Å². The van der Waals surface area contributed by atoms with E-state index in [-0.39, 0.29) is 0 Å². The Hall–Kier alpha value is -2.15. The van der Waals surface area contributed by atoms with Crippen LogP contribution in [-0.2, 0) is 6.42 Å². The molecule has 19 heavy (non-hydrogen) atoms. The largest absolute Gasteiger partial charge is 0.493 e. The zero-order chi connectivity index (χ0) is 13.8. The van der Waals surface area contributed by atoms with Crippen LogP contribution in [-0.4, -0.2) is 19.8 Å². The first-order valence-electron chi connectivity index (χ1n) is 6.40. The van der Waals surface area contributed by atoms with Crippen molar-refractivity contribution < 1.29 is 9.47 Å². The van der Waals surface area contributed by atoms with Gasteiger partial charge in [-0.25, -0.2) is 0 Å². The fraction of sp³-hybridized carbons (Fsp3) is 0.400. The van der Waals surface area contributed by atoms with Crippen LogP contribution in [0, 0.1) is 11.3 Å². The Bertz CT molecular complexity index is 544. The zero-order valence-corrected chi connectivity index (χ0v) is 11.5. The van der Waals surface area contributed by atoms with Gasteiger partial charge in [-0.15, -0.1) is 0 Å². The Morgan fingerprint density at radius 1 is 1.47 bits per heavy atom. The van der Waals surface area contributed by atoms with Crippen LogP contribution >= 0.6 is 0 Å². The van der Waals surface area contributed by atoms with Crippen LogP contribution in [0.25, 0.3) is 5.70 Å². The molecule has 0 aromatic heterocycles. The number of hydrogen-bond donors (Lipinski definition) is 1. The van der Waals surface area contributed by atoms with Crippen LogP contribution in [0.3, 0.4) is 0 Å². The molecule has 0 aliphatic carbocycles. The predicted molar refractivity (Wildman–Crippen MR) is 74.1 cm³/mol. The maximum absolute atomic E-state index is 8.87. The summed E-state index contributed by atoms with van der Waals surface area (Å²) >= 11 is 0. The lowest BCUT2D eigenvalue weighted by Crippen LogP contribution is -2.32. The summed E-state index contributed by atoms with van der Waals surface area (Å²) in [6.07, 6.45) is 2.44. The molecule has 0 saturated heterocycles. The third-order valence-electron chi connectivity index (χ3n) is 3.12. The van der Waals surface area contributed by atoms with E-state index in [1.807, 2.05) is 19.1 Å². The molecule has 0 amide bonds. The molecule has 100 valence electrons. The Kier molecular flexibility index (Phi) is 3.96. The summed E-state index contributed by atoms with van der Waals surface area (Å²) in [7, 11) is 1.62. The molecule has 1 N–H and O–H groups in total. The number of fused-ring (bicyclic) bond motifs is 1. The number of rotatable bonds is 3. The van der Waals surface area contributed by atoms with E-state index in [0.29, 0.717) is 18.4 Å². The Balaban J connectivity index is 2.53. The second kappa shape index (κ2) is 5.66. The summed E-state index contributed by atoms with van der Waals surface area (Å²) in [5.41, 5.74) is 3.04. The molecule has 1 aromatic rings. The lowest BCUT2D eigenvalue weighted by atomic mass is 9.93. The van der Waals surface area contributed by atoms with Gasteiger partial charge in [0.15, 0.2) is 11.5 Å². The minimum atomic E-state index is 0.301. The van der Waals surface area contributed by atoms with Gasteiger partial charge in [0.2, 0.25) is 0 Å². The van der Waals surface area contributed by atoms with Gasteiger partial charge in [0, 0.05) is 17.7 Å². The monoisotopic (exact) mass is 258 g/mol. The second-order valence-corrected chi connectivity index (χ2v) is 4.53. The lowest BCUT2D eigenvalue weighted by molar-refractivity contribution is 0.310. The first-order valence-corrected chi connectivity index (χ1v) is 6.40. The number of hydrogen-bond acceptors (Lipinski definition) is 4. The van der Waals surface area contributed by atoms with Crippen molar-refractivity contribution in [2.75, 3.05) is 13.7 Å². The molecule has 0 fully saturated rings. The first kappa shape index (κ1) is 13.3. The molecule has 0 spiro atoms. The summed E-state index contributed by atoms with van der Waals surface area (Å²) in [5, 5.41) is 12.2. The second-order valence-electron chi connectivity index (χ2n) is 4.53. The predicted octanol–water partition coefficient (Wildman–Crippen LogP) is 2.49. The fourth-order valence-corrected chi connectivity index (χ4v) is 2.36. The fourth-order valence-electron chi connectivity index (χ4n) is 2.36. The topological polar surface area (TPSA) is 54.3 Å². The van der Waals surface area contributed by atoms with E-state index in [9.17, 15) is 0 Å². The molecule has 2 rings (SSSR count). The van der Waals surface area contributed by atoms with E-state index in [2.05, 4.69) is 18.3 Å². The summed E-state index contributed by atoms with van der Waals surface area (Å²) in [6.45, 7) is 4.65. The normalized spacial score (nSPS) is 19.3. The van der Waals surface area contributed by atoms with Gasteiger partial charge in [-0.3, -0.25) is 0 Å². The SMILES string of the molecule is CCOc1cc2c(cc1OC)C(=CC#N)N[C@@H](C)C2. The molecule has 1 aliphatic heterocycles. The number of nitrogens with one attached hydrogen (secondary N) is 1. The lowest BCUT2D eigenvalue weighted by Gasteiger charge is -2.27. The Morgan fingerprint density at radius 3 is 2.89 bits per heavy atom. The molecule has 1 atom stereocenters. The summed E-state index contributed by atoms with van der Waals surface area (Å²) < 4.78 is 10.9. The molecule has 4 nitrogen and oxygen atoms in total. The van der Waals surface area contributed by atoms with Crippen molar-refractivity contribution in [3.8, 4) is 17.6 Å². The molecular formula is C15H18N2O2. The Labute approximate surface area is 113 Å². The van der Waals surface area contributed by atoms with E-state index in [1.54, 1.807) is 7.11 Å². The molecule has 0 unspecified atom stereocenters. The van der Waals surface area contributed by atoms with Gasteiger partial charge in [-0.1, -0.05) is 0 Å². The van der Waals surface area contributed by atoms with Crippen LogP contribution in [0.4, 0.5) is 0 Å². The standard InChI is InChI=1S/C15H18N2O2/c1-4-19-15-8-11-7-10(2)17-13(5-6-16)12(11)9-14(15)18-3/h5,8-10,17H,4,7H2,1-3H3/t10-/m0/s1. The van der Waals surface area contributed by atoms with E-state index < -0.39 is 0 Å². The number of nitrogens with zero attached hydrogens (tertiary/aromatic N) is 1. The highest BCUT2D eigenvalue weighted by Crippen LogP contribution is 2.35. The smallest absolute Gasteiger partial charge is 0.161 e. The molecular weight excluding hydrogens is 240 g/mol. The van der Waals surface area contributed by atoms with Crippen molar-refractivity contribution in [2.24, 2.45) is 0 Å². The minimum Gasteiger partial charge on any atom is -0.493 e. The summed E-state index contributed by atoms with van der Waals surface area (Å²) in [6, 6.07) is 6.33. The Morgan fingerprint density at radius 2 is 2.26 bits per heavy atom. The summed E-state index contributed by atoms with van der Waals surface area (Å²) in [5.74, 6) is 1.45. The molecule has 0 bridgehead atoms. The average Bonchev–Trinajstić information content (AvgIpc) is 2.38. The average molecular weight is 258 g/mol. The van der Waals surface area contributed by atoms with Gasteiger partial charge in [0.05, 0.1) is 25.5 Å². The van der Waals surface area contributed by atoms with Crippen molar-refractivity contribution in [3.05, 3.63) is 29.3 Å². The van der Waals surface area contributed by atoms with Gasteiger partial charge >= 0.3 is 0 Å². The maximum atomic E-state index is 8.87. The highest BCUT2D eigenvalue weighted by Gasteiger charge is 2.21. The highest BCUT2D eigenvalue weighted by atomic mass is 16.5. The number of allylic oxidation sites excluding steroid dienone is 1. The van der Waals surface area contributed by atoms with Crippen LogP contribution in [0.15, 0.2) is 18.2 Å². The van der Waals surface area contributed by atoms with Gasteiger partial charge in [0.1, 0.15) is 0 Å². The zero-order valence-electron chi connectivity index (χ0n) is 11.5. The number of ether oxygens (including phenoxy) is 2. The molecule has 0 radical (unpaired) electrons. The quantitative estimate of drug-likeness (QED) is 0.846. The van der Waals surface area contributed by atoms with E-state index in [0.717, 1.165) is 23.4 Å². The molecule has 4 heteroatoms. The van der Waals surface area contributed by atoms with Crippen molar-refractivity contribution in [1.29, 1.82) is 5.26 Å². The third kappa shape index (κ3) is 2.65. The van der Waals surface area contributed by atoms with Crippen molar-refractivity contribution in [3.63, 3.8) is 0 Å². The summed E-state index contributed by atoms with van der Waals surface area (Å²) in [4.78, 5) is 0. The molecule has 1 aliphatic rings. The van der Waals surface area contributed by atoms with Gasteiger partial charge in [-0.05, 0) is 38.0 Å². The van der Waals surface area contributed by atoms with E-state index in [1.165, 1.54) is 11.6 Å².